The van der Waals surface area contributed by atoms with Gasteiger partial charge in [0.2, 0.25) is 0 Å². The molecule has 0 aliphatic carbocycles. The Labute approximate surface area is 184 Å². The number of nitrogens with one attached hydrogen (secondary N) is 1. The van der Waals surface area contributed by atoms with Gasteiger partial charge in [-0.25, -0.2) is 9.37 Å². The molecule has 0 aliphatic heterocycles. The number of nitrogens with zero attached hydrogens (tertiary/aromatic N) is 4. The van der Waals surface area contributed by atoms with E-state index in [0.29, 0.717) is 38.3 Å². The first-order chi connectivity index (χ1) is 15.1. The van der Waals surface area contributed by atoms with Crippen LogP contribution in [-0.2, 0) is 5.75 Å². The molecule has 0 aliphatic rings. The van der Waals surface area contributed by atoms with E-state index in [4.69, 9.17) is 0 Å². The van der Waals surface area contributed by atoms with E-state index in [1.54, 1.807) is 18.2 Å². The highest BCUT2D eigenvalue weighted by molar-refractivity contribution is 7.98. The number of H-pyrrole nitrogens is 1. The highest BCUT2D eigenvalue weighted by Crippen LogP contribution is 2.30. The largest absolute Gasteiger partial charge is 0.309 e. The lowest BCUT2D eigenvalue weighted by Gasteiger charge is -2.11. The summed E-state index contributed by atoms with van der Waals surface area (Å²) in [5.41, 5.74) is 2.84. The number of hydrogen-bond acceptors (Lipinski definition) is 6. The van der Waals surface area contributed by atoms with Crippen LogP contribution in [0.15, 0.2) is 69.9 Å². The minimum absolute atomic E-state index is 0.150. The third-order valence-electron chi connectivity index (χ3n) is 4.74. The lowest BCUT2D eigenvalue weighted by atomic mass is 10.2. The molecule has 0 fully saturated rings. The van der Waals surface area contributed by atoms with Gasteiger partial charge in [0.1, 0.15) is 16.3 Å². The second kappa shape index (κ2) is 8.09. The van der Waals surface area contributed by atoms with Gasteiger partial charge in [-0.15, -0.1) is 21.5 Å². The summed E-state index contributed by atoms with van der Waals surface area (Å²) in [6.45, 7) is 2.01. The number of halogens is 1. The molecule has 0 amide bonds. The minimum Gasteiger partial charge on any atom is -0.309 e. The van der Waals surface area contributed by atoms with Crippen LogP contribution in [0.4, 0.5) is 4.39 Å². The third-order valence-corrected chi connectivity index (χ3v) is 6.58. The average Bonchev–Trinajstić information content (AvgIpc) is 3.41. The van der Waals surface area contributed by atoms with Crippen molar-refractivity contribution in [2.45, 2.75) is 17.8 Å². The maximum Gasteiger partial charge on any atom is 0.268 e. The van der Waals surface area contributed by atoms with Crippen LogP contribution in [0.25, 0.3) is 27.3 Å². The zero-order chi connectivity index (χ0) is 21.4. The van der Waals surface area contributed by atoms with E-state index in [9.17, 15) is 9.18 Å². The second-order valence-corrected chi connectivity index (χ2v) is 8.75. The Bertz CT molecular complexity index is 1440. The Morgan fingerprint density at radius 2 is 1.90 bits per heavy atom. The number of aromatic nitrogens is 5. The van der Waals surface area contributed by atoms with Crippen molar-refractivity contribution in [3.05, 3.63) is 87.5 Å². The molecule has 3 aromatic heterocycles. The molecule has 0 bridgehead atoms. The molecular formula is C22H16FN5OS2. The number of thioether (sulfide) groups is 1. The number of aryl methyl sites for hydroxylation is 1. The van der Waals surface area contributed by atoms with Gasteiger partial charge in [-0.3, -0.25) is 9.36 Å². The second-order valence-electron chi connectivity index (χ2n) is 6.89. The summed E-state index contributed by atoms with van der Waals surface area (Å²) in [5, 5.41) is 11.0. The Balaban J connectivity index is 1.55. The smallest absolute Gasteiger partial charge is 0.268 e. The maximum absolute atomic E-state index is 14.5. The fourth-order valence-electron chi connectivity index (χ4n) is 3.23. The van der Waals surface area contributed by atoms with E-state index >= 15 is 0 Å². The minimum atomic E-state index is -0.367. The molecule has 154 valence electrons. The van der Waals surface area contributed by atoms with E-state index < -0.39 is 0 Å². The van der Waals surface area contributed by atoms with Crippen molar-refractivity contribution in [2.24, 2.45) is 0 Å². The lowest BCUT2D eigenvalue weighted by Crippen LogP contribution is -2.09. The van der Waals surface area contributed by atoms with E-state index in [1.165, 1.54) is 29.2 Å². The predicted molar refractivity (Wildman–Crippen MR) is 121 cm³/mol. The molecule has 0 spiro atoms. The third kappa shape index (κ3) is 3.77. The Kier molecular flexibility index (Phi) is 5.13. The van der Waals surface area contributed by atoms with Crippen molar-refractivity contribution in [3.8, 4) is 17.1 Å². The van der Waals surface area contributed by atoms with Crippen molar-refractivity contribution in [1.29, 1.82) is 0 Å². The molecule has 0 saturated heterocycles. The molecule has 6 nitrogen and oxygen atoms in total. The topological polar surface area (TPSA) is 76.5 Å². The van der Waals surface area contributed by atoms with Gasteiger partial charge in [0.05, 0.1) is 16.8 Å². The van der Waals surface area contributed by atoms with Crippen LogP contribution in [0.1, 0.15) is 11.4 Å². The quantitative estimate of drug-likeness (QED) is 0.383. The fraction of sp³-hybridized carbons (Fsp3) is 0.0909. The zero-order valence-corrected chi connectivity index (χ0v) is 18.0. The van der Waals surface area contributed by atoms with Crippen molar-refractivity contribution in [1.82, 2.24) is 24.7 Å². The molecule has 9 heteroatoms. The summed E-state index contributed by atoms with van der Waals surface area (Å²) in [7, 11) is 0. The maximum atomic E-state index is 14.5. The normalized spacial score (nSPS) is 11.3. The first kappa shape index (κ1) is 19.7. The van der Waals surface area contributed by atoms with Gasteiger partial charge in [-0.2, -0.15) is 0 Å². The summed E-state index contributed by atoms with van der Waals surface area (Å²) < 4.78 is 17.0. The van der Waals surface area contributed by atoms with Crippen molar-refractivity contribution in [3.63, 3.8) is 0 Å². The molecule has 2 aromatic carbocycles. The molecule has 5 aromatic rings. The van der Waals surface area contributed by atoms with E-state index in [1.807, 2.05) is 47.2 Å². The summed E-state index contributed by atoms with van der Waals surface area (Å²) >= 11 is 2.74. The number of fused-ring (bicyclic) bond motifs is 1. The molecule has 0 saturated carbocycles. The SMILES string of the molecule is Cc1ccc(-n2c(SCc3nc4ccsc4c(=O)[nH]3)nnc2-c2ccccc2F)cc1. The van der Waals surface area contributed by atoms with Gasteiger partial charge in [0.25, 0.3) is 5.56 Å². The molecule has 0 radical (unpaired) electrons. The average molecular weight is 450 g/mol. The van der Waals surface area contributed by atoms with Crippen LogP contribution in [0, 0.1) is 12.7 Å². The first-order valence-electron chi connectivity index (χ1n) is 9.47. The van der Waals surface area contributed by atoms with Crippen LogP contribution in [-0.4, -0.2) is 24.7 Å². The van der Waals surface area contributed by atoms with Crippen LogP contribution in [0.3, 0.4) is 0 Å². The number of thiophene rings is 1. The number of aromatic amines is 1. The van der Waals surface area contributed by atoms with Crippen LogP contribution in [0.5, 0.6) is 0 Å². The Hall–Kier alpha value is -3.30. The standard InChI is InChI=1S/C22H16FN5OS2/c1-13-6-8-14(9-7-13)28-20(15-4-2-3-5-16(15)23)26-27-22(28)31-12-18-24-17-10-11-30-19(17)21(29)25-18/h2-11H,12H2,1H3,(H,24,25,29). The number of rotatable bonds is 5. The van der Waals surface area contributed by atoms with Crippen molar-refractivity contribution >= 4 is 33.3 Å². The molecule has 5 rings (SSSR count). The van der Waals surface area contributed by atoms with Gasteiger partial charge in [-0.1, -0.05) is 41.6 Å². The van der Waals surface area contributed by atoms with Gasteiger partial charge in [0, 0.05) is 5.69 Å². The summed E-state index contributed by atoms with van der Waals surface area (Å²) in [5.74, 6) is 0.988. The fourth-order valence-corrected chi connectivity index (χ4v) is 4.78. The lowest BCUT2D eigenvalue weighted by molar-refractivity contribution is 0.629. The molecular weight excluding hydrogens is 433 g/mol. The number of benzene rings is 2. The van der Waals surface area contributed by atoms with Gasteiger partial charge >= 0.3 is 0 Å². The Morgan fingerprint density at radius 3 is 2.71 bits per heavy atom. The van der Waals surface area contributed by atoms with Crippen molar-refractivity contribution in [2.75, 3.05) is 0 Å². The molecule has 0 unspecified atom stereocenters. The van der Waals surface area contributed by atoms with Crippen LogP contribution in [0.2, 0.25) is 0 Å². The van der Waals surface area contributed by atoms with Crippen LogP contribution >= 0.6 is 23.1 Å². The van der Waals surface area contributed by atoms with Crippen molar-refractivity contribution < 1.29 is 4.39 Å². The first-order valence-corrected chi connectivity index (χ1v) is 11.3. The predicted octanol–water partition coefficient (Wildman–Crippen LogP) is 4.97. The zero-order valence-electron chi connectivity index (χ0n) is 16.4. The van der Waals surface area contributed by atoms with E-state index in [2.05, 4.69) is 20.2 Å². The van der Waals surface area contributed by atoms with Gasteiger partial charge in [0.15, 0.2) is 11.0 Å². The molecule has 1 N–H and O–H groups in total. The number of hydrogen-bond donors (Lipinski definition) is 1. The molecule has 31 heavy (non-hydrogen) atoms. The molecule has 3 heterocycles. The Morgan fingerprint density at radius 1 is 1.10 bits per heavy atom. The van der Waals surface area contributed by atoms with Crippen LogP contribution < -0.4 is 5.56 Å². The highest BCUT2D eigenvalue weighted by Gasteiger charge is 2.19. The summed E-state index contributed by atoms with van der Waals surface area (Å²) in [6.07, 6.45) is 0. The summed E-state index contributed by atoms with van der Waals surface area (Å²) in [6, 6.07) is 16.2. The van der Waals surface area contributed by atoms with E-state index in [-0.39, 0.29) is 11.4 Å². The van der Waals surface area contributed by atoms with Gasteiger partial charge in [-0.05, 0) is 42.6 Å². The van der Waals surface area contributed by atoms with E-state index in [0.717, 1.165) is 11.3 Å². The summed E-state index contributed by atoms with van der Waals surface area (Å²) in [4.78, 5) is 19.6. The van der Waals surface area contributed by atoms with Gasteiger partial charge < -0.3 is 4.98 Å². The monoisotopic (exact) mass is 449 g/mol. The highest BCUT2D eigenvalue weighted by atomic mass is 32.2. The molecule has 0 atom stereocenters.